The second-order valence-corrected chi connectivity index (χ2v) is 4.70. The molecule has 0 bridgehead atoms. The zero-order valence-electron chi connectivity index (χ0n) is 11.8. The molecule has 2 amide bonds. The monoisotopic (exact) mass is 295 g/mol. The number of anilines is 2. The molecule has 0 saturated heterocycles. The van der Waals surface area contributed by atoms with Crippen molar-refractivity contribution in [1.29, 1.82) is 0 Å². The lowest BCUT2D eigenvalue weighted by atomic mass is 10.3. The van der Waals surface area contributed by atoms with E-state index in [1.807, 2.05) is 6.92 Å². The van der Waals surface area contributed by atoms with Crippen LogP contribution >= 0.6 is 0 Å². The van der Waals surface area contributed by atoms with E-state index in [2.05, 4.69) is 20.6 Å². The summed E-state index contributed by atoms with van der Waals surface area (Å²) in [5.41, 5.74) is 1.28. The zero-order chi connectivity index (χ0) is 15.5. The van der Waals surface area contributed by atoms with Crippen molar-refractivity contribution in [2.24, 2.45) is 0 Å². The number of carbonyl (C=O) groups excluding carboxylic acids is 1. The van der Waals surface area contributed by atoms with E-state index in [1.165, 1.54) is 10.6 Å². The van der Waals surface area contributed by atoms with Crippen LogP contribution in [0.15, 0.2) is 53.7 Å². The first-order chi connectivity index (χ1) is 10.6. The van der Waals surface area contributed by atoms with Crippen molar-refractivity contribution in [3.05, 3.63) is 64.8 Å². The first kappa shape index (κ1) is 13.7. The lowest BCUT2D eigenvalue weighted by Crippen LogP contribution is -2.26. The molecule has 0 saturated carbocycles. The number of nitrogens with one attached hydrogen (secondary N) is 2. The predicted molar refractivity (Wildman–Crippen MR) is 83.1 cm³/mol. The number of aryl methyl sites for hydroxylation is 1. The van der Waals surface area contributed by atoms with Crippen LogP contribution in [0.4, 0.5) is 16.3 Å². The molecular weight excluding hydrogens is 282 g/mol. The van der Waals surface area contributed by atoms with Crippen molar-refractivity contribution in [1.82, 2.24) is 14.4 Å². The summed E-state index contributed by atoms with van der Waals surface area (Å²) in [6.07, 6.45) is 4.53. The lowest BCUT2D eigenvalue weighted by molar-refractivity contribution is 0.262. The number of hydrogen-bond donors (Lipinski definition) is 2. The molecule has 0 aliphatic heterocycles. The molecule has 2 N–H and O–H groups in total. The van der Waals surface area contributed by atoms with Gasteiger partial charge in [0.1, 0.15) is 17.2 Å². The summed E-state index contributed by atoms with van der Waals surface area (Å²) in [6.45, 7) is 1.92. The summed E-state index contributed by atoms with van der Waals surface area (Å²) < 4.78 is 1.38. The van der Waals surface area contributed by atoms with Crippen LogP contribution in [0.2, 0.25) is 0 Å². The van der Waals surface area contributed by atoms with Gasteiger partial charge in [0.15, 0.2) is 0 Å². The molecule has 0 aliphatic carbocycles. The Labute approximate surface area is 125 Å². The van der Waals surface area contributed by atoms with Crippen LogP contribution in [0, 0.1) is 6.92 Å². The molecule has 3 aromatic rings. The minimum absolute atomic E-state index is 0.0924. The number of rotatable bonds is 2. The third-order valence-electron chi connectivity index (χ3n) is 3.02. The highest BCUT2D eigenvalue weighted by Gasteiger charge is 2.09. The number of aromatic nitrogens is 3. The van der Waals surface area contributed by atoms with Crippen molar-refractivity contribution in [3.63, 3.8) is 0 Å². The van der Waals surface area contributed by atoms with Crippen molar-refractivity contribution in [2.75, 3.05) is 10.6 Å². The Bertz CT molecular complexity index is 889. The summed E-state index contributed by atoms with van der Waals surface area (Å²) >= 11 is 0. The highest BCUT2D eigenvalue weighted by atomic mass is 16.2. The Morgan fingerprint density at radius 1 is 1.18 bits per heavy atom. The van der Waals surface area contributed by atoms with E-state index < -0.39 is 6.03 Å². The molecule has 0 aliphatic rings. The number of amides is 2. The number of carbonyl (C=O) groups is 1. The number of fused-ring (bicyclic) bond motifs is 1. The Hall–Kier alpha value is -3.22. The normalized spacial score (nSPS) is 10.4. The van der Waals surface area contributed by atoms with Crippen LogP contribution in [0.3, 0.4) is 0 Å². The Morgan fingerprint density at radius 3 is 2.82 bits per heavy atom. The topological polar surface area (TPSA) is 88.4 Å². The molecule has 3 heterocycles. The van der Waals surface area contributed by atoms with Crippen molar-refractivity contribution in [2.45, 2.75) is 6.92 Å². The van der Waals surface area contributed by atoms with E-state index in [-0.39, 0.29) is 11.2 Å². The maximum atomic E-state index is 12.3. The van der Waals surface area contributed by atoms with Crippen LogP contribution in [0.25, 0.3) is 5.65 Å². The molecule has 22 heavy (non-hydrogen) atoms. The zero-order valence-corrected chi connectivity index (χ0v) is 11.8. The molecule has 7 nitrogen and oxygen atoms in total. The lowest BCUT2D eigenvalue weighted by Gasteiger charge is -2.07. The minimum atomic E-state index is -0.551. The van der Waals surface area contributed by atoms with E-state index in [9.17, 15) is 9.59 Å². The Morgan fingerprint density at radius 2 is 2.05 bits per heavy atom. The van der Waals surface area contributed by atoms with Gasteiger partial charge in [0, 0.05) is 12.4 Å². The summed E-state index contributed by atoms with van der Waals surface area (Å²) in [5.74, 6) is 0.393. The molecule has 0 aromatic carbocycles. The van der Waals surface area contributed by atoms with Crippen LogP contribution in [0.5, 0.6) is 0 Å². The van der Waals surface area contributed by atoms with Crippen molar-refractivity contribution < 1.29 is 4.79 Å². The highest BCUT2D eigenvalue weighted by Crippen LogP contribution is 2.06. The molecule has 0 radical (unpaired) electrons. The number of hydrogen-bond acceptors (Lipinski definition) is 4. The summed E-state index contributed by atoms with van der Waals surface area (Å²) in [6, 6.07) is 8.17. The summed E-state index contributed by atoms with van der Waals surface area (Å²) in [4.78, 5) is 32.3. The maximum absolute atomic E-state index is 12.3. The van der Waals surface area contributed by atoms with E-state index in [0.717, 1.165) is 5.56 Å². The van der Waals surface area contributed by atoms with Gasteiger partial charge >= 0.3 is 6.03 Å². The summed E-state index contributed by atoms with van der Waals surface area (Å²) in [7, 11) is 0. The SMILES string of the molecule is Cc1ccn2c(=O)c(NC(=O)Nc3ccccn3)cnc2c1. The molecule has 7 heteroatoms. The second-order valence-electron chi connectivity index (χ2n) is 4.70. The average Bonchev–Trinajstić information content (AvgIpc) is 2.51. The Kier molecular flexibility index (Phi) is 3.53. The molecule has 110 valence electrons. The van der Waals surface area contributed by atoms with Gasteiger partial charge in [0.25, 0.3) is 5.56 Å². The van der Waals surface area contributed by atoms with Crippen molar-refractivity contribution >= 4 is 23.2 Å². The van der Waals surface area contributed by atoms with Gasteiger partial charge in [0.2, 0.25) is 0 Å². The molecule has 0 spiro atoms. The molecule has 0 fully saturated rings. The van der Waals surface area contributed by atoms with Crippen molar-refractivity contribution in [3.8, 4) is 0 Å². The predicted octanol–water partition coefficient (Wildman–Crippen LogP) is 2.04. The third kappa shape index (κ3) is 2.78. The van der Waals surface area contributed by atoms with E-state index in [1.54, 1.807) is 42.7 Å². The average molecular weight is 295 g/mol. The number of nitrogens with zero attached hydrogens (tertiary/aromatic N) is 3. The standard InChI is InChI=1S/C15H13N5O2/c1-10-5-7-20-13(8-10)17-9-11(14(20)21)18-15(22)19-12-4-2-3-6-16-12/h2-9H,1H3,(H2,16,18,19,22). The minimum Gasteiger partial charge on any atom is -0.302 e. The van der Waals surface area contributed by atoms with Gasteiger partial charge in [-0.15, -0.1) is 0 Å². The van der Waals surface area contributed by atoms with Crippen LogP contribution in [0.1, 0.15) is 5.56 Å². The van der Waals surface area contributed by atoms with Gasteiger partial charge in [-0.25, -0.2) is 14.8 Å². The van der Waals surface area contributed by atoms with E-state index in [4.69, 9.17) is 0 Å². The first-order valence-corrected chi connectivity index (χ1v) is 6.60. The van der Waals surface area contributed by atoms with Gasteiger partial charge in [-0.1, -0.05) is 6.07 Å². The summed E-state index contributed by atoms with van der Waals surface area (Å²) in [5, 5.41) is 5.02. The van der Waals surface area contributed by atoms with Gasteiger partial charge in [-0.05, 0) is 36.8 Å². The fourth-order valence-corrected chi connectivity index (χ4v) is 1.97. The fraction of sp³-hybridized carbons (Fsp3) is 0.0667. The Balaban J connectivity index is 1.85. The quantitative estimate of drug-likeness (QED) is 0.757. The molecular formula is C15H13N5O2. The number of pyridine rings is 2. The molecule has 3 rings (SSSR count). The van der Waals surface area contributed by atoms with Crippen LogP contribution in [-0.2, 0) is 0 Å². The van der Waals surface area contributed by atoms with E-state index >= 15 is 0 Å². The molecule has 3 aromatic heterocycles. The number of urea groups is 1. The second kappa shape index (κ2) is 5.65. The van der Waals surface area contributed by atoms with E-state index in [0.29, 0.717) is 11.5 Å². The fourth-order valence-electron chi connectivity index (χ4n) is 1.97. The molecule has 0 unspecified atom stereocenters. The van der Waals surface area contributed by atoms with Gasteiger partial charge in [-0.2, -0.15) is 0 Å². The van der Waals surface area contributed by atoms with Gasteiger partial charge < -0.3 is 5.32 Å². The molecule has 0 atom stereocenters. The first-order valence-electron chi connectivity index (χ1n) is 6.60. The van der Waals surface area contributed by atoms with Gasteiger partial charge in [-0.3, -0.25) is 14.5 Å². The largest absolute Gasteiger partial charge is 0.325 e. The van der Waals surface area contributed by atoms with Crippen LogP contribution < -0.4 is 16.2 Å². The highest BCUT2D eigenvalue weighted by molar-refractivity contribution is 5.98. The third-order valence-corrected chi connectivity index (χ3v) is 3.02. The van der Waals surface area contributed by atoms with Gasteiger partial charge in [0.05, 0.1) is 6.20 Å². The smallest absolute Gasteiger partial charge is 0.302 e. The maximum Gasteiger partial charge on any atom is 0.325 e. The van der Waals surface area contributed by atoms with Crippen LogP contribution in [-0.4, -0.2) is 20.4 Å².